The van der Waals surface area contributed by atoms with Crippen LogP contribution in [0.15, 0.2) is 47.5 Å². The summed E-state index contributed by atoms with van der Waals surface area (Å²) < 4.78 is 3.17. The molecule has 0 fully saturated rings. The lowest BCUT2D eigenvalue weighted by Gasteiger charge is -2.15. The molecule has 1 aliphatic heterocycles. The molecule has 1 aliphatic rings. The van der Waals surface area contributed by atoms with Crippen LogP contribution in [-0.4, -0.2) is 31.8 Å². The van der Waals surface area contributed by atoms with E-state index in [0.717, 1.165) is 24.2 Å². The van der Waals surface area contributed by atoms with E-state index < -0.39 is 5.91 Å². The van der Waals surface area contributed by atoms with Crippen molar-refractivity contribution in [3.63, 3.8) is 0 Å². The molecule has 8 heteroatoms. The number of hydrogen-bond donors (Lipinski definition) is 2. The highest BCUT2D eigenvalue weighted by Crippen LogP contribution is 2.21. The molecule has 0 unspecified atom stereocenters. The van der Waals surface area contributed by atoms with Gasteiger partial charge in [-0.05, 0) is 18.2 Å². The third-order valence-corrected chi connectivity index (χ3v) is 4.21. The van der Waals surface area contributed by atoms with E-state index in [1.54, 1.807) is 41.3 Å². The number of carbonyl (C=O) groups is 1. The molecule has 0 aromatic carbocycles. The van der Waals surface area contributed by atoms with Crippen LogP contribution in [0.5, 0.6) is 0 Å². The molecule has 4 rings (SSSR count). The summed E-state index contributed by atoms with van der Waals surface area (Å²) in [6.45, 7) is 1.36. The molecule has 3 aromatic rings. The summed E-state index contributed by atoms with van der Waals surface area (Å²) in [5.74, 6) is 0.0320. The molecule has 0 aliphatic carbocycles. The number of nitrogens with two attached hydrogens (primary N) is 1. The highest BCUT2D eigenvalue weighted by Gasteiger charge is 2.24. The molecule has 0 atom stereocenters. The second kappa shape index (κ2) is 5.99. The van der Waals surface area contributed by atoms with Crippen LogP contribution in [0, 0.1) is 0 Å². The fourth-order valence-corrected chi connectivity index (χ4v) is 3.02. The van der Waals surface area contributed by atoms with Crippen LogP contribution >= 0.6 is 0 Å². The first-order valence-corrected chi connectivity index (χ1v) is 7.91. The summed E-state index contributed by atoms with van der Waals surface area (Å²) in [5.41, 5.74) is 8.00. The average Bonchev–Trinajstić information content (AvgIpc) is 3.02. The smallest absolute Gasteiger partial charge is 0.269 e. The van der Waals surface area contributed by atoms with Crippen molar-refractivity contribution in [3.05, 3.63) is 70.0 Å². The quantitative estimate of drug-likeness (QED) is 0.708. The molecule has 1 amide bonds. The minimum atomic E-state index is -0.550. The first-order chi connectivity index (χ1) is 12.1. The van der Waals surface area contributed by atoms with Gasteiger partial charge in [0.25, 0.3) is 11.5 Å². The van der Waals surface area contributed by atoms with Crippen LogP contribution in [0.2, 0.25) is 0 Å². The minimum absolute atomic E-state index is 0.129. The SMILES string of the molecule is NC(=O)c1nn(-c2ccc(-n3ccccc3=O)cn2)c2c1CNCC2. The lowest BCUT2D eigenvalue weighted by Crippen LogP contribution is -2.26. The number of fused-ring (bicyclic) bond motifs is 1. The number of aromatic nitrogens is 4. The van der Waals surface area contributed by atoms with E-state index in [1.165, 1.54) is 10.6 Å². The maximum absolute atomic E-state index is 11.9. The Kier molecular flexibility index (Phi) is 3.66. The number of carbonyl (C=O) groups excluding carboxylic acids is 1. The van der Waals surface area contributed by atoms with E-state index in [9.17, 15) is 9.59 Å². The summed E-state index contributed by atoms with van der Waals surface area (Å²) in [6.07, 6.45) is 4.03. The molecule has 126 valence electrons. The van der Waals surface area contributed by atoms with Gasteiger partial charge in [-0.2, -0.15) is 5.10 Å². The number of rotatable bonds is 3. The fraction of sp³-hybridized carbons (Fsp3) is 0.176. The number of primary amides is 1. The Morgan fingerprint density at radius 2 is 2.12 bits per heavy atom. The molecule has 0 spiro atoms. The Bertz CT molecular complexity index is 1000. The number of amides is 1. The molecular weight excluding hydrogens is 320 g/mol. The van der Waals surface area contributed by atoms with E-state index >= 15 is 0 Å². The van der Waals surface area contributed by atoms with Crippen LogP contribution in [0.1, 0.15) is 21.7 Å². The van der Waals surface area contributed by atoms with E-state index in [1.807, 2.05) is 0 Å². The summed E-state index contributed by atoms with van der Waals surface area (Å²) in [4.78, 5) is 28.0. The molecule has 3 aromatic heterocycles. The normalized spacial score (nSPS) is 13.4. The summed E-state index contributed by atoms with van der Waals surface area (Å²) in [7, 11) is 0. The molecular formula is C17H16N6O2. The van der Waals surface area contributed by atoms with Crippen LogP contribution in [0.3, 0.4) is 0 Å². The van der Waals surface area contributed by atoms with Gasteiger partial charge in [0.1, 0.15) is 0 Å². The van der Waals surface area contributed by atoms with Gasteiger partial charge in [-0.25, -0.2) is 9.67 Å². The Balaban J connectivity index is 1.77. The first-order valence-electron chi connectivity index (χ1n) is 7.91. The van der Waals surface area contributed by atoms with Gasteiger partial charge < -0.3 is 11.1 Å². The van der Waals surface area contributed by atoms with Gasteiger partial charge in [-0.1, -0.05) is 6.07 Å². The van der Waals surface area contributed by atoms with Gasteiger partial charge >= 0.3 is 0 Å². The van der Waals surface area contributed by atoms with E-state index in [4.69, 9.17) is 5.73 Å². The van der Waals surface area contributed by atoms with Crippen molar-refractivity contribution in [3.8, 4) is 11.5 Å². The molecule has 0 bridgehead atoms. The first kappa shape index (κ1) is 15.3. The molecule has 0 saturated carbocycles. The van der Waals surface area contributed by atoms with Crippen LogP contribution in [0.4, 0.5) is 0 Å². The van der Waals surface area contributed by atoms with Gasteiger partial charge in [-0.15, -0.1) is 0 Å². The van der Waals surface area contributed by atoms with Gasteiger partial charge in [0.2, 0.25) is 0 Å². The Labute approximate surface area is 142 Å². The highest BCUT2D eigenvalue weighted by atomic mass is 16.1. The van der Waals surface area contributed by atoms with Crippen molar-refractivity contribution in [1.29, 1.82) is 0 Å². The van der Waals surface area contributed by atoms with Crippen LogP contribution < -0.4 is 16.6 Å². The van der Waals surface area contributed by atoms with Gasteiger partial charge in [-0.3, -0.25) is 14.2 Å². The molecule has 4 heterocycles. The molecule has 25 heavy (non-hydrogen) atoms. The van der Waals surface area contributed by atoms with Crippen molar-refractivity contribution < 1.29 is 4.79 Å². The third-order valence-electron chi connectivity index (χ3n) is 4.21. The van der Waals surface area contributed by atoms with Crippen molar-refractivity contribution >= 4 is 5.91 Å². The zero-order chi connectivity index (χ0) is 17.4. The van der Waals surface area contributed by atoms with Crippen molar-refractivity contribution in [1.82, 2.24) is 24.6 Å². The second-order valence-corrected chi connectivity index (χ2v) is 5.76. The fourth-order valence-electron chi connectivity index (χ4n) is 3.02. The minimum Gasteiger partial charge on any atom is -0.364 e. The summed E-state index contributed by atoms with van der Waals surface area (Å²) >= 11 is 0. The van der Waals surface area contributed by atoms with Gasteiger partial charge in [0.15, 0.2) is 11.5 Å². The van der Waals surface area contributed by atoms with Crippen molar-refractivity contribution in [2.45, 2.75) is 13.0 Å². The highest BCUT2D eigenvalue weighted by molar-refractivity contribution is 5.92. The van der Waals surface area contributed by atoms with E-state index in [-0.39, 0.29) is 11.3 Å². The van der Waals surface area contributed by atoms with Crippen molar-refractivity contribution in [2.75, 3.05) is 6.54 Å². The zero-order valence-electron chi connectivity index (χ0n) is 13.3. The summed E-state index contributed by atoms with van der Waals surface area (Å²) in [6, 6.07) is 8.53. The topological polar surface area (TPSA) is 108 Å². The average molecular weight is 336 g/mol. The third kappa shape index (κ3) is 2.62. The molecule has 8 nitrogen and oxygen atoms in total. The lowest BCUT2D eigenvalue weighted by atomic mass is 10.1. The van der Waals surface area contributed by atoms with E-state index in [0.29, 0.717) is 18.1 Å². The maximum atomic E-state index is 11.9. The van der Waals surface area contributed by atoms with E-state index in [2.05, 4.69) is 15.4 Å². The predicted molar refractivity (Wildman–Crippen MR) is 90.9 cm³/mol. The number of pyridine rings is 2. The van der Waals surface area contributed by atoms with Gasteiger partial charge in [0, 0.05) is 37.3 Å². The number of nitrogens with zero attached hydrogens (tertiary/aromatic N) is 4. The second-order valence-electron chi connectivity index (χ2n) is 5.76. The molecule has 0 saturated heterocycles. The van der Waals surface area contributed by atoms with Gasteiger partial charge in [0.05, 0.1) is 17.6 Å². The van der Waals surface area contributed by atoms with Crippen molar-refractivity contribution in [2.24, 2.45) is 5.73 Å². The Morgan fingerprint density at radius 3 is 2.84 bits per heavy atom. The standard InChI is InChI=1S/C17H16N6O2/c18-17(25)16-12-10-19-7-6-13(12)23(21-16)14-5-4-11(9-20-14)22-8-2-1-3-15(22)24/h1-5,8-9,19H,6-7,10H2,(H2,18,25). The maximum Gasteiger partial charge on any atom is 0.269 e. The Morgan fingerprint density at radius 1 is 1.24 bits per heavy atom. The lowest BCUT2D eigenvalue weighted by molar-refractivity contribution is 0.0994. The molecule has 0 radical (unpaired) electrons. The Hall–Kier alpha value is -3.26. The van der Waals surface area contributed by atoms with Crippen LogP contribution in [-0.2, 0) is 13.0 Å². The molecule has 3 N–H and O–H groups in total. The number of nitrogens with one attached hydrogen (secondary N) is 1. The largest absolute Gasteiger partial charge is 0.364 e. The number of hydrogen-bond acceptors (Lipinski definition) is 5. The predicted octanol–water partition coefficient (Wildman–Crippen LogP) is 0.163. The zero-order valence-corrected chi connectivity index (χ0v) is 13.3. The monoisotopic (exact) mass is 336 g/mol. The summed E-state index contributed by atoms with van der Waals surface area (Å²) in [5, 5.41) is 7.57. The van der Waals surface area contributed by atoms with Crippen LogP contribution in [0.25, 0.3) is 11.5 Å².